The molecule has 0 saturated heterocycles. The number of anilines is 2. The van der Waals surface area contributed by atoms with Gasteiger partial charge in [0.05, 0.1) is 6.61 Å². The molecule has 0 amide bonds. The van der Waals surface area contributed by atoms with E-state index in [1.165, 1.54) is 19.3 Å². The van der Waals surface area contributed by atoms with E-state index in [2.05, 4.69) is 29.1 Å². The zero-order valence-corrected chi connectivity index (χ0v) is 11.4. The van der Waals surface area contributed by atoms with Crippen LogP contribution < -0.4 is 15.8 Å². The second-order valence-corrected chi connectivity index (χ2v) is 4.29. The van der Waals surface area contributed by atoms with Gasteiger partial charge in [-0.3, -0.25) is 0 Å². The topological polar surface area (TPSA) is 73.1 Å². The van der Waals surface area contributed by atoms with Crippen molar-refractivity contribution in [1.29, 1.82) is 0 Å². The van der Waals surface area contributed by atoms with Gasteiger partial charge < -0.3 is 15.8 Å². The average molecular weight is 252 g/mol. The summed E-state index contributed by atoms with van der Waals surface area (Å²) in [5.74, 6) is 1.53. The van der Waals surface area contributed by atoms with Crippen LogP contribution in [0, 0.1) is 0 Å². The summed E-state index contributed by atoms with van der Waals surface area (Å²) in [7, 11) is 0. The monoisotopic (exact) mass is 252 g/mol. The molecule has 102 valence electrons. The quantitative estimate of drug-likeness (QED) is 0.661. The molecule has 0 aromatic carbocycles. The summed E-state index contributed by atoms with van der Waals surface area (Å²) < 4.78 is 5.45. The minimum Gasteiger partial charge on any atom is -0.477 e. The van der Waals surface area contributed by atoms with Crippen molar-refractivity contribution < 1.29 is 4.74 Å². The largest absolute Gasteiger partial charge is 0.477 e. The molecule has 0 aliphatic carbocycles. The predicted molar refractivity (Wildman–Crippen MR) is 74.9 cm³/mol. The minimum atomic E-state index is 0.250. The van der Waals surface area contributed by atoms with Crippen LogP contribution in [-0.2, 0) is 0 Å². The van der Waals surface area contributed by atoms with Crippen LogP contribution in [0.2, 0.25) is 0 Å². The highest BCUT2D eigenvalue weighted by atomic mass is 16.5. The van der Waals surface area contributed by atoms with E-state index in [1.54, 1.807) is 6.07 Å². The molecular weight excluding hydrogens is 228 g/mol. The SMILES string of the molecule is CCCCCCNc1cc(OCCC)nc(N)n1. The second kappa shape index (κ2) is 8.55. The van der Waals surface area contributed by atoms with Crippen molar-refractivity contribution in [2.75, 3.05) is 24.2 Å². The highest BCUT2D eigenvalue weighted by molar-refractivity contribution is 5.42. The van der Waals surface area contributed by atoms with Crippen molar-refractivity contribution in [3.63, 3.8) is 0 Å². The third-order valence-corrected chi connectivity index (χ3v) is 2.51. The summed E-state index contributed by atoms with van der Waals surface area (Å²) in [5, 5.41) is 3.25. The molecule has 0 unspecified atom stereocenters. The van der Waals surface area contributed by atoms with Crippen LogP contribution in [0.5, 0.6) is 5.88 Å². The van der Waals surface area contributed by atoms with Crippen molar-refractivity contribution in [2.24, 2.45) is 0 Å². The number of rotatable bonds is 9. The van der Waals surface area contributed by atoms with Crippen molar-refractivity contribution in [3.05, 3.63) is 6.07 Å². The Labute approximate surface area is 109 Å². The molecule has 5 heteroatoms. The van der Waals surface area contributed by atoms with E-state index < -0.39 is 0 Å². The first-order valence-corrected chi connectivity index (χ1v) is 6.77. The lowest BCUT2D eigenvalue weighted by molar-refractivity contribution is 0.305. The molecule has 0 radical (unpaired) electrons. The van der Waals surface area contributed by atoms with E-state index in [9.17, 15) is 0 Å². The first kappa shape index (κ1) is 14.5. The summed E-state index contributed by atoms with van der Waals surface area (Å²) in [5.41, 5.74) is 5.64. The van der Waals surface area contributed by atoms with E-state index in [0.29, 0.717) is 12.5 Å². The number of hydrogen-bond donors (Lipinski definition) is 2. The van der Waals surface area contributed by atoms with Crippen molar-refractivity contribution in [1.82, 2.24) is 9.97 Å². The number of nitrogens with two attached hydrogens (primary N) is 1. The number of ether oxygens (including phenoxy) is 1. The van der Waals surface area contributed by atoms with Crippen LogP contribution in [-0.4, -0.2) is 23.1 Å². The number of aromatic nitrogens is 2. The van der Waals surface area contributed by atoms with E-state index >= 15 is 0 Å². The van der Waals surface area contributed by atoms with E-state index in [4.69, 9.17) is 10.5 Å². The van der Waals surface area contributed by atoms with Crippen LogP contribution in [0.15, 0.2) is 6.07 Å². The lowest BCUT2D eigenvalue weighted by atomic mass is 10.2. The van der Waals surface area contributed by atoms with Crippen molar-refractivity contribution in [3.8, 4) is 5.88 Å². The molecule has 0 bridgehead atoms. The van der Waals surface area contributed by atoms with Crippen LogP contribution in [0.4, 0.5) is 11.8 Å². The Balaban J connectivity index is 2.41. The smallest absolute Gasteiger partial charge is 0.225 e. The highest BCUT2D eigenvalue weighted by Gasteiger charge is 2.02. The highest BCUT2D eigenvalue weighted by Crippen LogP contribution is 2.15. The van der Waals surface area contributed by atoms with Gasteiger partial charge in [-0.05, 0) is 12.8 Å². The normalized spacial score (nSPS) is 10.3. The van der Waals surface area contributed by atoms with Gasteiger partial charge in [0.25, 0.3) is 0 Å². The molecule has 3 N–H and O–H groups in total. The Morgan fingerprint density at radius 1 is 1.17 bits per heavy atom. The third-order valence-electron chi connectivity index (χ3n) is 2.51. The van der Waals surface area contributed by atoms with Crippen LogP contribution in [0.1, 0.15) is 46.0 Å². The maximum absolute atomic E-state index is 5.64. The van der Waals surface area contributed by atoms with Gasteiger partial charge >= 0.3 is 0 Å². The van der Waals surface area contributed by atoms with E-state index in [0.717, 1.165) is 25.2 Å². The van der Waals surface area contributed by atoms with Crippen molar-refractivity contribution in [2.45, 2.75) is 46.0 Å². The fourth-order valence-corrected chi connectivity index (χ4v) is 1.58. The molecular formula is C13H24N4O. The Hall–Kier alpha value is -1.52. The second-order valence-electron chi connectivity index (χ2n) is 4.29. The van der Waals surface area contributed by atoms with Gasteiger partial charge in [-0.15, -0.1) is 0 Å². The van der Waals surface area contributed by atoms with Crippen LogP contribution in [0.3, 0.4) is 0 Å². The van der Waals surface area contributed by atoms with Gasteiger partial charge in [-0.1, -0.05) is 33.1 Å². The molecule has 1 aromatic rings. The molecule has 0 aliphatic rings. The molecule has 0 saturated carbocycles. The fraction of sp³-hybridized carbons (Fsp3) is 0.692. The summed E-state index contributed by atoms with van der Waals surface area (Å²) in [6.07, 6.45) is 5.85. The fourth-order valence-electron chi connectivity index (χ4n) is 1.58. The van der Waals surface area contributed by atoms with Gasteiger partial charge in [0.1, 0.15) is 5.82 Å². The number of nitrogen functional groups attached to an aromatic ring is 1. The van der Waals surface area contributed by atoms with Gasteiger partial charge in [-0.25, -0.2) is 0 Å². The standard InChI is InChI=1S/C13H24N4O/c1-3-5-6-7-8-15-11-10-12(18-9-4-2)17-13(14)16-11/h10H,3-9H2,1-2H3,(H3,14,15,16,17). The predicted octanol–water partition coefficient (Wildman–Crippen LogP) is 2.84. The molecule has 0 spiro atoms. The number of unbranched alkanes of at least 4 members (excludes halogenated alkanes) is 3. The number of nitrogens with one attached hydrogen (secondary N) is 1. The number of hydrogen-bond acceptors (Lipinski definition) is 5. The maximum Gasteiger partial charge on any atom is 0.225 e. The minimum absolute atomic E-state index is 0.250. The lowest BCUT2D eigenvalue weighted by Crippen LogP contribution is -2.07. The first-order chi connectivity index (χ1) is 8.76. The zero-order chi connectivity index (χ0) is 13.2. The number of nitrogens with zero attached hydrogens (tertiary/aromatic N) is 2. The molecule has 0 aliphatic heterocycles. The first-order valence-electron chi connectivity index (χ1n) is 6.77. The summed E-state index contributed by atoms with van der Waals surface area (Å²) in [4.78, 5) is 8.17. The Morgan fingerprint density at radius 3 is 2.72 bits per heavy atom. The van der Waals surface area contributed by atoms with Crippen molar-refractivity contribution >= 4 is 11.8 Å². The molecule has 0 atom stereocenters. The summed E-state index contributed by atoms with van der Waals surface area (Å²) >= 11 is 0. The Bertz CT molecular complexity index is 344. The van der Waals surface area contributed by atoms with Gasteiger partial charge in [-0.2, -0.15) is 9.97 Å². The maximum atomic E-state index is 5.64. The van der Waals surface area contributed by atoms with E-state index in [1.807, 2.05) is 0 Å². The summed E-state index contributed by atoms with van der Waals surface area (Å²) in [6.45, 7) is 5.81. The molecule has 1 rings (SSSR count). The zero-order valence-electron chi connectivity index (χ0n) is 11.4. The van der Waals surface area contributed by atoms with Crippen LogP contribution in [0.25, 0.3) is 0 Å². The van der Waals surface area contributed by atoms with Gasteiger partial charge in [0, 0.05) is 12.6 Å². The van der Waals surface area contributed by atoms with Crippen LogP contribution >= 0.6 is 0 Å². The molecule has 1 heterocycles. The Morgan fingerprint density at radius 2 is 2.00 bits per heavy atom. The van der Waals surface area contributed by atoms with E-state index in [-0.39, 0.29) is 5.95 Å². The third kappa shape index (κ3) is 5.70. The molecule has 0 fully saturated rings. The summed E-state index contributed by atoms with van der Waals surface area (Å²) in [6, 6.07) is 1.80. The lowest BCUT2D eigenvalue weighted by Gasteiger charge is -2.08. The molecule has 18 heavy (non-hydrogen) atoms. The van der Waals surface area contributed by atoms with Gasteiger partial charge in [0.2, 0.25) is 11.8 Å². The molecule has 1 aromatic heterocycles. The molecule has 5 nitrogen and oxygen atoms in total. The van der Waals surface area contributed by atoms with Gasteiger partial charge in [0.15, 0.2) is 0 Å². The Kier molecular flexibility index (Phi) is 6.91. The average Bonchev–Trinajstić information content (AvgIpc) is 2.35.